The summed E-state index contributed by atoms with van der Waals surface area (Å²) in [6, 6.07) is 7.70. The summed E-state index contributed by atoms with van der Waals surface area (Å²) in [6.45, 7) is 4.85. The highest BCUT2D eigenvalue weighted by Crippen LogP contribution is 2.32. The number of nitrogens with zero attached hydrogens (tertiary/aromatic N) is 2. The fourth-order valence-electron chi connectivity index (χ4n) is 2.65. The molecule has 22 heavy (non-hydrogen) atoms. The van der Waals surface area contributed by atoms with E-state index in [1.54, 1.807) is 11.8 Å². The van der Waals surface area contributed by atoms with Crippen LogP contribution in [0.3, 0.4) is 0 Å². The van der Waals surface area contributed by atoms with Crippen molar-refractivity contribution in [3.63, 3.8) is 0 Å². The lowest BCUT2D eigenvalue weighted by Gasteiger charge is -2.24. The number of sulfonamides is 1. The first kappa shape index (κ1) is 16.8. The Morgan fingerprint density at radius 1 is 1.27 bits per heavy atom. The number of para-hydroxylation sites is 2. The van der Waals surface area contributed by atoms with Gasteiger partial charge in [-0.25, -0.2) is 13.1 Å². The van der Waals surface area contributed by atoms with Crippen LogP contribution in [0.4, 0.5) is 11.4 Å². The Morgan fingerprint density at radius 2 is 1.91 bits per heavy atom. The average Bonchev–Trinajstić information content (AvgIpc) is 2.62. The van der Waals surface area contributed by atoms with Gasteiger partial charge in [-0.3, -0.25) is 4.79 Å². The van der Waals surface area contributed by atoms with E-state index in [4.69, 9.17) is 0 Å². The molecule has 0 aromatic heterocycles. The molecule has 0 unspecified atom stereocenters. The van der Waals surface area contributed by atoms with Gasteiger partial charge in [-0.15, -0.1) is 0 Å². The highest BCUT2D eigenvalue weighted by atomic mass is 32.2. The second-order valence-corrected chi connectivity index (χ2v) is 7.80. The molecule has 0 saturated carbocycles. The van der Waals surface area contributed by atoms with Gasteiger partial charge in [0.15, 0.2) is 0 Å². The minimum atomic E-state index is -3.37. The number of carbonyl (C=O) groups is 1. The van der Waals surface area contributed by atoms with E-state index in [1.807, 2.05) is 31.3 Å². The molecule has 0 spiro atoms. The van der Waals surface area contributed by atoms with Crippen molar-refractivity contribution in [2.75, 3.05) is 42.2 Å². The molecule has 0 aliphatic carbocycles. The molecule has 2 rings (SSSR count). The summed E-state index contributed by atoms with van der Waals surface area (Å²) < 4.78 is 25.4. The highest BCUT2D eigenvalue weighted by molar-refractivity contribution is 7.89. The lowest BCUT2D eigenvalue weighted by Crippen LogP contribution is -2.42. The van der Waals surface area contributed by atoms with Gasteiger partial charge >= 0.3 is 0 Å². The van der Waals surface area contributed by atoms with E-state index in [1.165, 1.54) is 0 Å². The maximum absolute atomic E-state index is 12.5. The van der Waals surface area contributed by atoms with Crippen LogP contribution >= 0.6 is 0 Å². The van der Waals surface area contributed by atoms with Crippen LogP contribution in [0.15, 0.2) is 24.3 Å². The van der Waals surface area contributed by atoms with Crippen LogP contribution < -0.4 is 14.5 Å². The number of hydrogen-bond acceptors (Lipinski definition) is 4. The number of anilines is 2. The monoisotopic (exact) mass is 325 g/mol. The second-order valence-electron chi connectivity index (χ2n) is 5.70. The van der Waals surface area contributed by atoms with Gasteiger partial charge in [0.05, 0.1) is 23.7 Å². The Morgan fingerprint density at radius 3 is 2.55 bits per heavy atom. The summed E-state index contributed by atoms with van der Waals surface area (Å²) in [5, 5.41) is 0. The zero-order valence-corrected chi connectivity index (χ0v) is 14.1. The molecule has 0 radical (unpaired) electrons. The summed E-state index contributed by atoms with van der Waals surface area (Å²) in [6.07, 6.45) is 0. The first-order valence-corrected chi connectivity index (χ1v) is 9.07. The number of amides is 1. The molecule has 1 atom stereocenters. The van der Waals surface area contributed by atoms with Crippen molar-refractivity contribution in [2.45, 2.75) is 13.8 Å². The predicted octanol–water partition coefficient (Wildman–Crippen LogP) is 1.04. The largest absolute Gasteiger partial charge is 0.373 e. The summed E-state index contributed by atoms with van der Waals surface area (Å²) in [5.74, 6) is 0.0338. The molecule has 1 aliphatic heterocycles. The number of fused-ring (bicyclic) bond motifs is 1. The molecule has 1 aliphatic rings. The first-order valence-electron chi connectivity index (χ1n) is 7.42. The van der Waals surface area contributed by atoms with E-state index >= 15 is 0 Å². The van der Waals surface area contributed by atoms with Crippen LogP contribution in [0.1, 0.15) is 13.8 Å². The molecule has 0 saturated heterocycles. The van der Waals surface area contributed by atoms with Gasteiger partial charge < -0.3 is 9.80 Å². The van der Waals surface area contributed by atoms with E-state index < -0.39 is 10.0 Å². The SMILES string of the molecule is CCS(=O)(=O)NCC(=O)N1C[C@@H](C)CN(C)c2ccccc21. The van der Waals surface area contributed by atoms with Crippen LogP contribution in [0.2, 0.25) is 0 Å². The van der Waals surface area contributed by atoms with E-state index in [9.17, 15) is 13.2 Å². The van der Waals surface area contributed by atoms with Gasteiger partial charge in [-0.2, -0.15) is 0 Å². The molecule has 1 aromatic carbocycles. The van der Waals surface area contributed by atoms with E-state index in [0.717, 1.165) is 17.9 Å². The molecule has 1 amide bonds. The number of nitrogens with one attached hydrogen (secondary N) is 1. The number of benzene rings is 1. The van der Waals surface area contributed by atoms with Gasteiger partial charge in [0.2, 0.25) is 15.9 Å². The van der Waals surface area contributed by atoms with Crippen molar-refractivity contribution >= 4 is 27.3 Å². The van der Waals surface area contributed by atoms with Crippen molar-refractivity contribution in [3.05, 3.63) is 24.3 Å². The molecule has 122 valence electrons. The molecule has 0 bridgehead atoms. The lowest BCUT2D eigenvalue weighted by atomic mass is 10.1. The summed E-state index contributed by atoms with van der Waals surface area (Å²) in [4.78, 5) is 16.3. The Balaban J connectivity index is 2.25. The molecule has 0 fully saturated rings. The van der Waals surface area contributed by atoms with Gasteiger partial charge in [0.1, 0.15) is 0 Å². The molecule has 1 N–H and O–H groups in total. The van der Waals surface area contributed by atoms with Gasteiger partial charge in [-0.1, -0.05) is 19.1 Å². The minimum absolute atomic E-state index is 0.0317. The van der Waals surface area contributed by atoms with Crippen LogP contribution in [0, 0.1) is 5.92 Å². The van der Waals surface area contributed by atoms with Gasteiger partial charge in [0.25, 0.3) is 0 Å². The van der Waals surface area contributed by atoms with Crippen LogP contribution in [0.5, 0.6) is 0 Å². The number of rotatable bonds is 4. The Bertz CT molecular complexity index is 645. The highest BCUT2D eigenvalue weighted by Gasteiger charge is 2.26. The normalized spacial score (nSPS) is 18.8. The van der Waals surface area contributed by atoms with Crippen molar-refractivity contribution in [1.82, 2.24) is 4.72 Å². The second kappa shape index (κ2) is 6.66. The lowest BCUT2D eigenvalue weighted by molar-refractivity contribution is -0.117. The van der Waals surface area contributed by atoms with Crippen LogP contribution in [-0.4, -0.2) is 46.8 Å². The van der Waals surface area contributed by atoms with Gasteiger partial charge in [-0.05, 0) is 25.0 Å². The minimum Gasteiger partial charge on any atom is -0.373 e. The molecular formula is C15H23N3O3S. The van der Waals surface area contributed by atoms with Crippen molar-refractivity contribution in [2.24, 2.45) is 5.92 Å². The van der Waals surface area contributed by atoms with Crippen molar-refractivity contribution in [3.8, 4) is 0 Å². The maximum Gasteiger partial charge on any atom is 0.242 e. The van der Waals surface area contributed by atoms with E-state index in [-0.39, 0.29) is 18.2 Å². The molecular weight excluding hydrogens is 302 g/mol. The summed E-state index contributed by atoms with van der Waals surface area (Å²) >= 11 is 0. The van der Waals surface area contributed by atoms with Gasteiger partial charge in [0, 0.05) is 20.1 Å². The molecule has 1 heterocycles. The third-order valence-electron chi connectivity index (χ3n) is 3.79. The van der Waals surface area contributed by atoms with Crippen LogP contribution in [-0.2, 0) is 14.8 Å². The summed E-state index contributed by atoms with van der Waals surface area (Å²) in [5.41, 5.74) is 1.81. The average molecular weight is 325 g/mol. The van der Waals surface area contributed by atoms with Crippen molar-refractivity contribution < 1.29 is 13.2 Å². The van der Waals surface area contributed by atoms with Crippen molar-refractivity contribution in [1.29, 1.82) is 0 Å². The third-order valence-corrected chi connectivity index (χ3v) is 5.13. The van der Waals surface area contributed by atoms with E-state index in [0.29, 0.717) is 12.5 Å². The Hall–Kier alpha value is -1.60. The standard InChI is InChI=1S/C15H23N3O3S/c1-4-22(20,21)16-9-15(19)18-11-12(2)10-17(3)13-7-5-6-8-14(13)18/h5-8,12,16H,4,9-11H2,1-3H3/t12-/m0/s1. The molecule has 7 heteroatoms. The zero-order chi connectivity index (χ0) is 16.3. The fourth-order valence-corrected chi connectivity index (χ4v) is 3.20. The number of hydrogen-bond donors (Lipinski definition) is 1. The first-order chi connectivity index (χ1) is 10.3. The number of carbonyl (C=O) groups excluding carboxylic acids is 1. The third kappa shape index (κ3) is 3.78. The topological polar surface area (TPSA) is 69.7 Å². The fraction of sp³-hybridized carbons (Fsp3) is 0.533. The van der Waals surface area contributed by atoms with E-state index in [2.05, 4.69) is 16.5 Å². The Kier molecular flexibility index (Phi) is 5.08. The predicted molar refractivity (Wildman–Crippen MR) is 88.7 cm³/mol. The maximum atomic E-state index is 12.5. The summed E-state index contributed by atoms with van der Waals surface area (Å²) in [7, 11) is -1.37. The molecule has 6 nitrogen and oxygen atoms in total. The smallest absolute Gasteiger partial charge is 0.242 e. The van der Waals surface area contributed by atoms with Crippen LogP contribution in [0.25, 0.3) is 0 Å². The molecule has 1 aromatic rings. The quantitative estimate of drug-likeness (QED) is 0.898. The Labute approximate surface area is 132 Å². The zero-order valence-electron chi connectivity index (χ0n) is 13.2.